The molecule has 74 valence electrons. The second-order valence-corrected chi connectivity index (χ2v) is 3.53. The van der Waals surface area contributed by atoms with Crippen molar-refractivity contribution in [2.24, 2.45) is 4.99 Å². The summed E-state index contributed by atoms with van der Waals surface area (Å²) in [6.07, 6.45) is 0. The van der Waals surface area contributed by atoms with E-state index < -0.39 is 0 Å². The van der Waals surface area contributed by atoms with E-state index in [1.165, 1.54) is 5.57 Å². The smallest absolute Gasteiger partial charge is 0.142 e. The molecule has 0 rings (SSSR count). The van der Waals surface area contributed by atoms with Gasteiger partial charge in [-0.1, -0.05) is 5.57 Å². The molecule has 3 heteroatoms. The molecule has 2 nitrogen and oxygen atoms in total. The molecule has 0 aromatic heterocycles. The molecule has 0 radical (unpaired) electrons. The summed E-state index contributed by atoms with van der Waals surface area (Å²) in [5.74, 6) is 0.868. The fourth-order valence-electron chi connectivity index (χ4n) is 0.931. The zero-order chi connectivity index (χ0) is 10.4. The molecule has 0 saturated heterocycles. The van der Waals surface area contributed by atoms with Gasteiger partial charge in [-0.2, -0.15) is 0 Å². The standard InChI is InChI=1S/C10H16INO/c1-7(2)8(3)10(13-5)9(4)12-6-11/h6H,1-5H3/b10-9+,12-6-. The Balaban J connectivity index is 5.11. The normalized spacial score (nSPS) is 12.8. The predicted octanol–water partition coefficient (Wildman–Crippen LogP) is 3.68. The van der Waals surface area contributed by atoms with Gasteiger partial charge < -0.3 is 4.74 Å². The van der Waals surface area contributed by atoms with E-state index in [9.17, 15) is 0 Å². The third-order valence-corrected chi connectivity index (χ3v) is 2.14. The van der Waals surface area contributed by atoms with Gasteiger partial charge in [-0.15, -0.1) is 0 Å². The zero-order valence-electron chi connectivity index (χ0n) is 8.81. The van der Waals surface area contributed by atoms with Crippen molar-refractivity contribution in [3.63, 3.8) is 0 Å². The van der Waals surface area contributed by atoms with Crippen molar-refractivity contribution in [3.05, 3.63) is 22.6 Å². The van der Waals surface area contributed by atoms with E-state index in [4.69, 9.17) is 4.74 Å². The van der Waals surface area contributed by atoms with Gasteiger partial charge in [0.1, 0.15) is 5.76 Å². The third kappa shape index (κ3) is 3.93. The first kappa shape index (κ1) is 12.7. The molecule has 0 aliphatic carbocycles. The Morgan fingerprint density at radius 1 is 1.23 bits per heavy atom. The maximum Gasteiger partial charge on any atom is 0.142 e. The van der Waals surface area contributed by atoms with Gasteiger partial charge >= 0.3 is 0 Å². The quantitative estimate of drug-likeness (QED) is 0.336. The molecule has 0 aromatic carbocycles. The van der Waals surface area contributed by atoms with E-state index in [1.54, 1.807) is 11.3 Å². The number of allylic oxidation sites excluding steroid dienone is 3. The van der Waals surface area contributed by atoms with Crippen molar-refractivity contribution in [1.29, 1.82) is 0 Å². The monoisotopic (exact) mass is 293 g/mol. The molecule has 0 spiro atoms. The van der Waals surface area contributed by atoms with E-state index in [-0.39, 0.29) is 0 Å². The van der Waals surface area contributed by atoms with E-state index >= 15 is 0 Å². The lowest BCUT2D eigenvalue weighted by atomic mass is 10.1. The minimum atomic E-state index is 0.868. The van der Waals surface area contributed by atoms with Crippen LogP contribution in [0.1, 0.15) is 27.7 Å². The minimum absolute atomic E-state index is 0.868. The van der Waals surface area contributed by atoms with E-state index in [0.29, 0.717) is 0 Å². The van der Waals surface area contributed by atoms with Crippen LogP contribution in [0.2, 0.25) is 0 Å². The molecular weight excluding hydrogens is 277 g/mol. The summed E-state index contributed by atoms with van der Waals surface area (Å²) < 4.78 is 7.03. The number of nitrogens with zero attached hydrogens (tertiary/aromatic N) is 1. The predicted molar refractivity (Wildman–Crippen MR) is 66.3 cm³/mol. The largest absolute Gasteiger partial charge is 0.495 e. The Morgan fingerprint density at radius 2 is 1.77 bits per heavy atom. The molecule has 0 fully saturated rings. The number of rotatable bonds is 3. The van der Waals surface area contributed by atoms with Gasteiger partial charge in [0.25, 0.3) is 0 Å². The molecule has 13 heavy (non-hydrogen) atoms. The van der Waals surface area contributed by atoms with Crippen LogP contribution in [0.3, 0.4) is 0 Å². The van der Waals surface area contributed by atoms with Crippen molar-refractivity contribution in [1.82, 2.24) is 0 Å². The summed E-state index contributed by atoms with van der Waals surface area (Å²) in [7, 11) is 1.67. The lowest BCUT2D eigenvalue weighted by Crippen LogP contribution is -1.94. The van der Waals surface area contributed by atoms with Crippen molar-refractivity contribution < 1.29 is 4.74 Å². The van der Waals surface area contributed by atoms with Gasteiger partial charge in [0, 0.05) is 0 Å². The fourth-order valence-corrected chi connectivity index (χ4v) is 1.35. The van der Waals surface area contributed by atoms with Gasteiger partial charge in [-0.05, 0) is 55.9 Å². The second-order valence-electron chi connectivity index (χ2n) is 2.97. The maximum atomic E-state index is 5.29. The Bertz CT molecular complexity index is 260. The van der Waals surface area contributed by atoms with Crippen LogP contribution in [0, 0.1) is 0 Å². The van der Waals surface area contributed by atoms with Crippen molar-refractivity contribution in [2.45, 2.75) is 27.7 Å². The SMILES string of the molecule is CO/C(C(C)=C(C)C)=C(C)/N=C\I. The Kier molecular flexibility index (Phi) is 6.03. The maximum absolute atomic E-state index is 5.29. The molecule has 0 aliphatic heterocycles. The minimum Gasteiger partial charge on any atom is -0.495 e. The van der Waals surface area contributed by atoms with Crippen molar-refractivity contribution in [3.8, 4) is 0 Å². The molecule has 0 unspecified atom stereocenters. The summed E-state index contributed by atoms with van der Waals surface area (Å²) in [6.45, 7) is 8.12. The van der Waals surface area contributed by atoms with Crippen LogP contribution in [-0.2, 0) is 4.74 Å². The summed E-state index contributed by atoms with van der Waals surface area (Å²) >= 11 is 2.10. The highest BCUT2D eigenvalue weighted by Gasteiger charge is 2.05. The first-order valence-corrected chi connectivity index (χ1v) is 5.31. The van der Waals surface area contributed by atoms with Crippen LogP contribution >= 0.6 is 22.6 Å². The highest BCUT2D eigenvalue weighted by atomic mass is 127. The Morgan fingerprint density at radius 3 is 2.08 bits per heavy atom. The highest BCUT2D eigenvalue weighted by molar-refractivity contribution is 14.1. The van der Waals surface area contributed by atoms with Crippen molar-refractivity contribution >= 4 is 26.8 Å². The third-order valence-electron chi connectivity index (χ3n) is 1.87. The van der Waals surface area contributed by atoms with Gasteiger partial charge in [-0.25, -0.2) is 0 Å². The molecule has 0 heterocycles. The van der Waals surface area contributed by atoms with Gasteiger partial charge in [-0.3, -0.25) is 4.99 Å². The first-order chi connectivity index (χ1) is 6.04. The van der Waals surface area contributed by atoms with Crippen LogP contribution < -0.4 is 0 Å². The van der Waals surface area contributed by atoms with E-state index in [0.717, 1.165) is 17.0 Å². The number of ether oxygens (including phenoxy) is 1. The van der Waals surface area contributed by atoms with Crippen LogP contribution in [0.15, 0.2) is 27.6 Å². The van der Waals surface area contributed by atoms with Crippen LogP contribution in [0.5, 0.6) is 0 Å². The molecule has 0 aliphatic rings. The van der Waals surface area contributed by atoms with Crippen LogP contribution in [0.4, 0.5) is 0 Å². The van der Waals surface area contributed by atoms with Crippen molar-refractivity contribution in [2.75, 3.05) is 7.11 Å². The number of halogens is 1. The van der Waals surface area contributed by atoms with Crippen LogP contribution in [-0.4, -0.2) is 11.3 Å². The molecule has 0 amide bonds. The average molecular weight is 293 g/mol. The molecule has 0 N–H and O–H groups in total. The number of hydrogen-bond acceptors (Lipinski definition) is 2. The Labute approximate surface area is 93.9 Å². The lowest BCUT2D eigenvalue weighted by Gasteiger charge is -2.10. The summed E-state index contributed by atoms with van der Waals surface area (Å²) in [4.78, 5) is 4.18. The van der Waals surface area contributed by atoms with Gasteiger partial charge in [0.2, 0.25) is 0 Å². The topological polar surface area (TPSA) is 21.6 Å². The van der Waals surface area contributed by atoms with E-state index in [1.807, 2.05) is 13.8 Å². The highest BCUT2D eigenvalue weighted by Crippen LogP contribution is 2.19. The summed E-state index contributed by atoms with van der Waals surface area (Å²) in [6, 6.07) is 0. The number of hydrogen-bond donors (Lipinski definition) is 0. The number of aliphatic imine (C=N–C) groups is 1. The molecule has 0 aromatic rings. The summed E-state index contributed by atoms with van der Waals surface area (Å²) in [5, 5.41) is 0. The van der Waals surface area contributed by atoms with Crippen LogP contribution in [0.25, 0.3) is 0 Å². The van der Waals surface area contributed by atoms with E-state index in [2.05, 4.69) is 41.4 Å². The second kappa shape index (κ2) is 6.18. The zero-order valence-corrected chi connectivity index (χ0v) is 11.0. The lowest BCUT2D eigenvalue weighted by molar-refractivity contribution is 0.295. The van der Waals surface area contributed by atoms with Gasteiger partial charge in [0.05, 0.1) is 17.0 Å². The number of methoxy groups -OCH3 is 1. The van der Waals surface area contributed by atoms with Gasteiger partial charge in [0.15, 0.2) is 0 Å². The molecular formula is C10H16INO. The molecule has 0 atom stereocenters. The fraction of sp³-hybridized carbons (Fsp3) is 0.500. The molecule has 0 bridgehead atoms. The molecule has 0 saturated carbocycles. The summed E-state index contributed by atoms with van der Waals surface area (Å²) in [5.41, 5.74) is 3.32. The first-order valence-electron chi connectivity index (χ1n) is 4.06. The average Bonchev–Trinajstić information content (AvgIpc) is 2.05. The Hall–Kier alpha value is -0.320.